The molecular weight excluding hydrogens is 207 g/mol. The van der Waals surface area contributed by atoms with Crippen LogP contribution >= 0.6 is 7.60 Å². The number of carbonyl (C=O) groups excluding carboxylic acids is 1. The lowest BCUT2D eigenvalue weighted by Gasteiger charge is -2.07. The summed E-state index contributed by atoms with van der Waals surface area (Å²) in [5.41, 5.74) is 0.328. The molecule has 0 saturated heterocycles. The summed E-state index contributed by atoms with van der Waals surface area (Å²) in [7, 11) is -3.41. The minimum atomic E-state index is -3.41. The highest BCUT2D eigenvalue weighted by Gasteiger charge is 2.09. The third-order valence-electron chi connectivity index (χ3n) is 1.20. The first-order chi connectivity index (χ1) is 6.33. The standard InChI is InChI=1S/C8H15O5P/c1-7(2)8(9)12-5-4-6-13-14(3,10)11/h1,4-6H2,2-3H3,(H,10,11). The van der Waals surface area contributed by atoms with E-state index in [1.54, 1.807) is 6.92 Å². The van der Waals surface area contributed by atoms with Crippen molar-refractivity contribution in [3.05, 3.63) is 12.2 Å². The largest absolute Gasteiger partial charge is 0.462 e. The zero-order valence-electron chi connectivity index (χ0n) is 8.36. The minimum Gasteiger partial charge on any atom is -0.462 e. The number of rotatable bonds is 6. The van der Waals surface area contributed by atoms with Crippen molar-refractivity contribution >= 4 is 13.6 Å². The van der Waals surface area contributed by atoms with Crippen LogP contribution in [0.3, 0.4) is 0 Å². The third-order valence-corrected chi connectivity index (χ3v) is 1.86. The molecule has 5 nitrogen and oxygen atoms in total. The molecule has 0 radical (unpaired) electrons. The predicted octanol–water partition coefficient (Wildman–Crippen LogP) is 1.33. The van der Waals surface area contributed by atoms with Crippen LogP contribution in [-0.2, 0) is 18.6 Å². The smallest absolute Gasteiger partial charge is 0.333 e. The highest BCUT2D eigenvalue weighted by atomic mass is 31.2. The van der Waals surface area contributed by atoms with E-state index in [-0.39, 0.29) is 13.2 Å². The number of esters is 1. The van der Waals surface area contributed by atoms with Gasteiger partial charge in [-0.3, -0.25) is 4.57 Å². The lowest BCUT2D eigenvalue weighted by atomic mass is 10.4. The molecule has 0 aliphatic rings. The van der Waals surface area contributed by atoms with E-state index in [0.717, 1.165) is 6.66 Å². The molecule has 0 saturated carbocycles. The molecule has 1 unspecified atom stereocenters. The molecule has 1 atom stereocenters. The van der Waals surface area contributed by atoms with E-state index in [2.05, 4.69) is 11.1 Å². The third kappa shape index (κ3) is 7.98. The molecule has 0 aromatic heterocycles. The number of hydrogen-bond donors (Lipinski definition) is 1. The molecule has 0 rings (SSSR count). The summed E-state index contributed by atoms with van der Waals surface area (Å²) in [5, 5.41) is 0. The van der Waals surface area contributed by atoms with Gasteiger partial charge >= 0.3 is 13.6 Å². The van der Waals surface area contributed by atoms with Crippen LogP contribution in [-0.4, -0.2) is 30.7 Å². The normalized spacial score (nSPS) is 14.5. The van der Waals surface area contributed by atoms with Crippen LogP contribution in [0.2, 0.25) is 0 Å². The van der Waals surface area contributed by atoms with Gasteiger partial charge in [-0.15, -0.1) is 0 Å². The van der Waals surface area contributed by atoms with Crippen molar-refractivity contribution in [2.75, 3.05) is 19.9 Å². The summed E-state index contributed by atoms with van der Waals surface area (Å²) in [6.45, 7) is 6.30. The first kappa shape index (κ1) is 13.4. The van der Waals surface area contributed by atoms with Gasteiger partial charge in [-0.25, -0.2) is 4.79 Å². The van der Waals surface area contributed by atoms with Crippen molar-refractivity contribution in [1.29, 1.82) is 0 Å². The molecule has 82 valence electrons. The SMILES string of the molecule is C=C(C)C(=O)OCCCOP(C)(=O)O. The van der Waals surface area contributed by atoms with Crippen molar-refractivity contribution in [3.63, 3.8) is 0 Å². The van der Waals surface area contributed by atoms with E-state index < -0.39 is 13.6 Å². The Kier molecular flexibility index (Phi) is 5.69. The number of ether oxygens (including phenoxy) is 1. The summed E-state index contributed by atoms with van der Waals surface area (Å²) in [6, 6.07) is 0. The Bertz CT molecular complexity index is 254. The Labute approximate surface area is 83.3 Å². The fourth-order valence-electron chi connectivity index (χ4n) is 0.581. The van der Waals surface area contributed by atoms with Gasteiger partial charge in [0.15, 0.2) is 0 Å². The van der Waals surface area contributed by atoms with Crippen molar-refractivity contribution in [1.82, 2.24) is 0 Å². The van der Waals surface area contributed by atoms with E-state index in [1.807, 2.05) is 0 Å². The van der Waals surface area contributed by atoms with Crippen LogP contribution in [0.5, 0.6) is 0 Å². The molecule has 0 bridgehead atoms. The fourth-order valence-corrected chi connectivity index (χ4v) is 1.05. The van der Waals surface area contributed by atoms with Gasteiger partial charge in [0.2, 0.25) is 0 Å². The number of hydrogen-bond acceptors (Lipinski definition) is 4. The highest BCUT2D eigenvalue weighted by molar-refractivity contribution is 7.51. The van der Waals surface area contributed by atoms with Crippen LogP contribution in [0, 0.1) is 0 Å². The van der Waals surface area contributed by atoms with E-state index in [4.69, 9.17) is 9.63 Å². The fraction of sp³-hybridized carbons (Fsp3) is 0.625. The minimum absolute atomic E-state index is 0.0910. The van der Waals surface area contributed by atoms with Crippen LogP contribution in [0.15, 0.2) is 12.2 Å². The van der Waals surface area contributed by atoms with Crippen molar-refractivity contribution in [2.45, 2.75) is 13.3 Å². The molecule has 0 spiro atoms. The lowest BCUT2D eigenvalue weighted by Crippen LogP contribution is -2.07. The Morgan fingerprint density at radius 1 is 1.50 bits per heavy atom. The van der Waals surface area contributed by atoms with Gasteiger partial charge in [0.05, 0.1) is 13.2 Å². The maximum absolute atomic E-state index is 10.8. The molecule has 0 aromatic rings. The summed E-state index contributed by atoms with van der Waals surface area (Å²) >= 11 is 0. The topological polar surface area (TPSA) is 72.8 Å². The molecular formula is C8H15O5P. The first-order valence-electron chi connectivity index (χ1n) is 4.10. The molecule has 0 amide bonds. The van der Waals surface area contributed by atoms with Crippen LogP contribution in [0.1, 0.15) is 13.3 Å². The van der Waals surface area contributed by atoms with Crippen LogP contribution in [0.25, 0.3) is 0 Å². The molecule has 0 aliphatic heterocycles. The zero-order chi connectivity index (χ0) is 11.2. The second kappa shape index (κ2) is 5.96. The quantitative estimate of drug-likeness (QED) is 0.317. The van der Waals surface area contributed by atoms with Crippen LogP contribution < -0.4 is 0 Å². The van der Waals surface area contributed by atoms with E-state index in [1.165, 1.54) is 0 Å². The van der Waals surface area contributed by atoms with E-state index >= 15 is 0 Å². The lowest BCUT2D eigenvalue weighted by molar-refractivity contribution is -0.139. The zero-order valence-corrected chi connectivity index (χ0v) is 9.25. The average Bonchev–Trinajstić information content (AvgIpc) is 2.01. The van der Waals surface area contributed by atoms with E-state index in [0.29, 0.717) is 12.0 Å². The maximum atomic E-state index is 10.8. The second-order valence-corrected chi connectivity index (χ2v) is 4.77. The highest BCUT2D eigenvalue weighted by Crippen LogP contribution is 2.36. The summed E-state index contributed by atoms with van der Waals surface area (Å²) in [5.74, 6) is -0.464. The molecule has 1 N–H and O–H groups in total. The monoisotopic (exact) mass is 222 g/mol. The van der Waals surface area contributed by atoms with Gasteiger partial charge in [0, 0.05) is 18.7 Å². The van der Waals surface area contributed by atoms with Crippen molar-refractivity contribution < 1.29 is 23.5 Å². The molecule has 6 heteroatoms. The molecule has 0 aliphatic carbocycles. The van der Waals surface area contributed by atoms with Crippen molar-refractivity contribution in [2.24, 2.45) is 0 Å². The van der Waals surface area contributed by atoms with Gasteiger partial charge < -0.3 is 14.2 Å². The Balaban J connectivity index is 3.44. The summed E-state index contributed by atoms with van der Waals surface area (Å²) in [4.78, 5) is 19.6. The predicted molar refractivity (Wildman–Crippen MR) is 52.1 cm³/mol. The molecule has 0 heterocycles. The molecule has 14 heavy (non-hydrogen) atoms. The second-order valence-electron chi connectivity index (χ2n) is 2.91. The Hall–Kier alpha value is -0.640. The average molecular weight is 222 g/mol. The maximum Gasteiger partial charge on any atom is 0.333 e. The van der Waals surface area contributed by atoms with E-state index in [9.17, 15) is 9.36 Å². The van der Waals surface area contributed by atoms with Gasteiger partial charge in [-0.05, 0) is 6.92 Å². The van der Waals surface area contributed by atoms with Crippen LogP contribution in [0.4, 0.5) is 0 Å². The Morgan fingerprint density at radius 3 is 2.50 bits per heavy atom. The van der Waals surface area contributed by atoms with Gasteiger partial charge in [0.1, 0.15) is 0 Å². The number of carbonyl (C=O) groups is 1. The summed E-state index contributed by atoms with van der Waals surface area (Å²) < 4.78 is 19.9. The van der Waals surface area contributed by atoms with Gasteiger partial charge in [-0.2, -0.15) is 0 Å². The Morgan fingerprint density at radius 2 is 2.07 bits per heavy atom. The molecule has 0 fully saturated rings. The van der Waals surface area contributed by atoms with Crippen molar-refractivity contribution in [3.8, 4) is 0 Å². The van der Waals surface area contributed by atoms with Gasteiger partial charge in [0.25, 0.3) is 0 Å². The summed E-state index contributed by atoms with van der Waals surface area (Å²) in [6.07, 6.45) is 0.386. The molecule has 0 aromatic carbocycles. The first-order valence-corrected chi connectivity index (χ1v) is 6.13. The van der Waals surface area contributed by atoms with Gasteiger partial charge in [-0.1, -0.05) is 6.58 Å².